The maximum absolute atomic E-state index is 13.5. The Balaban J connectivity index is 2.05. The minimum Gasteiger partial charge on any atom is -0.356 e. The largest absolute Gasteiger partial charge is 0.356 e. The molecule has 1 aromatic heterocycles. The van der Waals surface area contributed by atoms with Crippen LogP contribution >= 0.6 is 0 Å². The van der Waals surface area contributed by atoms with Crippen LogP contribution in [0.5, 0.6) is 0 Å². The lowest BCUT2D eigenvalue weighted by atomic mass is 9.80. The fraction of sp³-hybridized carbons (Fsp3) is 0.250. The molecule has 2 atom stereocenters. The monoisotopic (exact) mass is 288 g/mol. The van der Waals surface area contributed by atoms with E-state index in [1.54, 1.807) is 12.4 Å². The molecule has 0 aliphatic carbocycles. The molecular formula is C16H14F2N2O. The van der Waals surface area contributed by atoms with Crippen molar-refractivity contribution in [3.63, 3.8) is 0 Å². The first-order chi connectivity index (χ1) is 10.1. The van der Waals surface area contributed by atoms with Gasteiger partial charge in [-0.15, -0.1) is 0 Å². The van der Waals surface area contributed by atoms with Crippen molar-refractivity contribution in [2.75, 3.05) is 6.54 Å². The van der Waals surface area contributed by atoms with Crippen LogP contribution in [0.4, 0.5) is 8.78 Å². The Bertz CT molecular complexity index is 640. The van der Waals surface area contributed by atoms with Gasteiger partial charge < -0.3 is 5.32 Å². The van der Waals surface area contributed by atoms with Gasteiger partial charge in [-0.3, -0.25) is 9.78 Å². The molecule has 0 spiro atoms. The SMILES string of the molecule is O=C1CC(C(c2ccncc2)c2cc(F)cc(F)c2)CN1. The molecule has 2 unspecified atom stereocenters. The average molecular weight is 288 g/mol. The Morgan fingerprint density at radius 2 is 1.76 bits per heavy atom. The summed E-state index contributed by atoms with van der Waals surface area (Å²) in [7, 11) is 0. The standard InChI is InChI=1S/C16H14F2N2O/c17-13-5-11(6-14(18)8-13)16(10-1-3-19-4-2-10)12-7-15(21)20-9-12/h1-6,8,12,16H,7,9H2,(H,20,21). The number of hydrogen-bond acceptors (Lipinski definition) is 2. The predicted octanol–water partition coefficient (Wildman–Crippen LogP) is 2.63. The molecule has 1 aliphatic heterocycles. The number of carbonyl (C=O) groups excluding carboxylic acids is 1. The third-order valence-electron chi connectivity index (χ3n) is 3.79. The molecule has 1 amide bonds. The topological polar surface area (TPSA) is 42.0 Å². The van der Waals surface area contributed by atoms with Crippen molar-refractivity contribution < 1.29 is 13.6 Å². The third-order valence-corrected chi connectivity index (χ3v) is 3.79. The van der Waals surface area contributed by atoms with Crippen molar-refractivity contribution in [2.24, 2.45) is 5.92 Å². The van der Waals surface area contributed by atoms with Crippen LogP contribution in [0.1, 0.15) is 23.5 Å². The van der Waals surface area contributed by atoms with Crippen LogP contribution in [0.25, 0.3) is 0 Å². The summed E-state index contributed by atoms with van der Waals surface area (Å²) in [4.78, 5) is 15.5. The van der Waals surface area contributed by atoms with E-state index in [9.17, 15) is 13.6 Å². The Morgan fingerprint density at radius 3 is 2.33 bits per heavy atom. The van der Waals surface area contributed by atoms with Crippen LogP contribution in [-0.4, -0.2) is 17.4 Å². The predicted molar refractivity (Wildman–Crippen MR) is 73.6 cm³/mol. The van der Waals surface area contributed by atoms with Crippen LogP contribution in [0.3, 0.4) is 0 Å². The van der Waals surface area contributed by atoms with E-state index in [2.05, 4.69) is 10.3 Å². The van der Waals surface area contributed by atoms with Gasteiger partial charge >= 0.3 is 0 Å². The molecule has 1 aromatic carbocycles. The zero-order valence-corrected chi connectivity index (χ0v) is 11.2. The number of nitrogens with one attached hydrogen (secondary N) is 1. The van der Waals surface area contributed by atoms with Crippen LogP contribution in [0, 0.1) is 17.6 Å². The highest BCUT2D eigenvalue weighted by molar-refractivity contribution is 5.78. The molecule has 1 saturated heterocycles. The van der Waals surface area contributed by atoms with Gasteiger partial charge in [-0.1, -0.05) is 0 Å². The summed E-state index contributed by atoms with van der Waals surface area (Å²) in [6, 6.07) is 7.14. The van der Waals surface area contributed by atoms with Gasteiger partial charge in [0, 0.05) is 37.3 Å². The Hall–Kier alpha value is -2.30. The molecule has 5 heteroatoms. The summed E-state index contributed by atoms with van der Waals surface area (Å²) in [5.41, 5.74) is 1.44. The first kappa shape index (κ1) is 13.7. The molecule has 3 nitrogen and oxygen atoms in total. The number of hydrogen-bond donors (Lipinski definition) is 1. The molecule has 0 bridgehead atoms. The van der Waals surface area contributed by atoms with Gasteiger partial charge in [0.2, 0.25) is 5.91 Å². The van der Waals surface area contributed by atoms with Crippen LogP contribution in [0.15, 0.2) is 42.7 Å². The zero-order chi connectivity index (χ0) is 14.8. The molecule has 2 aromatic rings. The molecule has 1 N–H and O–H groups in total. The summed E-state index contributed by atoms with van der Waals surface area (Å²) < 4.78 is 27.1. The minimum atomic E-state index is -0.610. The van der Waals surface area contributed by atoms with Crippen molar-refractivity contribution >= 4 is 5.91 Å². The molecular weight excluding hydrogens is 274 g/mol. The highest BCUT2D eigenvalue weighted by Crippen LogP contribution is 2.36. The summed E-state index contributed by atoms with van der Waals surface area (Å²) in [6.45, 7) is 0.504. The van der Waals surface area contributed by atoms with Gasteiger partial charge in [0.1, 0.15) is 11.6 Å². The van der Waals surface area contributed by atoms with Gasteiger partial charge in [-0.2, -0.15) is 0 Å². The molecule has 1 fully saturated rings. The van der Waals surface area contributed by atoms with Crippen LogP contribution < -0.4 is 5.32 Å². The van der Waals surface area contributed by atoms with E-state index in [1.165, 1.54) is 12.1 Å². The molecule has 2 heterocycles. The first-order valence-corrected chi connectivity index (χ1v) is 6.76. The van der Waals surface area contributed by atoms with E-state index >= 15 is 0 Å². The highest BCUT2D eigenvalue weighted by Gasteiger charge is 2.32. The van der Waals surface area contributed by atoms with Gasteiger partial charge in [-0.25, -0.2) is 8.78 Å². The van der Waals surface area contributed by atoms with Crippen molar-refractivity contribution in [2.45, 2.75) is 12.3 Å². The number of carbonyl (C=O) groups is 1. The van der Waals surface area contributed by atoms with E-state index in [0.717, 1.165) is 11.6 Å². The fourth-order valence-electron chi connectivity index (χ4n) is 2.93. The summed E-state index contributed by atoms with van der Waals surface area (Å²) in [5, 5.41) is 2.78. The quantitative estimate of drug-likeness (QED) is 0.943. The number of nitrogens with zero attached hydrogens (tertiary/aromatic N) is 1. The smallest absolute Gasteiger partial charge is 0.220 e. The van der Waals surface area contributed by atoms with Crippen LogP contribution in [0.2, 0.25) is 0 Å². The lowest BCUT2D eigenvalue weighted by Crippen LogP contribution is -2.18. The number of aromatic nitrogens is 1. The Labute approximate surface area is 121 Å². The maximum atomic E-state index is 13.5. The third kappa shape index (κ3) is 2.91. The summed E-state index contributed by atoms with van der Waals surface area (Å²) in [5.74, 6) is -1.52. The molecule has 108 valence electrons. The highest BCUT2D eigenvalue weighted by atomic mass is 19.1. The van der Waals surface area contributed by atoms with Gasteiger partial charge in [0.25, 0.3) is 0 Å². The lowest BCUT2D eigenvalue weighted by Gasteiger charge is -2.23. The van der Waals surface area contributed by atoms with E-state index in [1.807, 2.05) is 12.1 Å². The number of halogens is 2. The number of pyridine rings is 1. The van der Waals surface area contributed by atoms with E-state index in [0.29, 0.717) is 18.5 Å². The van der Waals surface area contributed by atoms with E-state index in [-0.39, 0.29) is 17.7 Å². The second kappa shape index (κ2) is 5.60. The van der Waals surface area contributed by atoms with E-state index < -0.39 is 11.6 Å². The maximum Gasteiger partial charge on any atom is 0.220 e. The Morgan fingerprint density at radius 1 is 1.10 bits per heavy atom. The molecule has 21 heavy (non-hydrogen) atoms. The van der Waals surface area contributed by atoms with Gasteiger partial charge in [0.05, 0.1) is 0 Å². The normalized spacial score (nSPS) is 19.3. The lowest BCUT2D eigenvalue weighted by molar-refractivity contribution is -0.119. The summed E-state index contributed by atoms with van der Waals surface area (Å²) >= 11 is 0. The zero-order valence-electron chi connectivity index (χ0n) is 11.2. The molecule has 1 aliphatic rings. The van der Waals surface area contributed by atoms with Crippen molar-refractivity contribution in [3.8, 4) is 0 Å². The van der Waals surface area contributed by atoms with Crippen molar-refractivity contribution in [3.05, 3.63) is 65.5 Å². The van der Waals surface area contributed by atoms with Crippen molar-refractivity contribution in [1.29, 1.82) is 0 Å². The van der Waals surface area contributed by atoms with Crippen LogP contribution in [-0.2, 0) is 4.79 Å². The van der Waals surface area contributed by atoms with Gasteiger partial charge in [-0.05, 0) is 41.3 Å². The minimum absolute atomic E-state index is 0.0268. The number of benzene rings is 1. The molecule has 0 radical (unpaired) electrons. The number of amides is 1. The summed E-state index contributed by atoms with van der Waals surface area (Å²) in [6.07, 6.45) is 3.63. The van der Waals surface area contributed by atoms with E-state index in [4.69, 9.17) is 0 Å². The average Bonchev–Trinajstić information content (AvgIpc) is 2.85. The molecule has 3 rings (SSSR count). The number of rotatable bonds is 3. The second-order valence-electron chi connectivity index (χ2n) is 5.23. The molecule has 0 saturated carbocycles. The van der Waals surface area contributed by atoms with Crippen molar-refractivity contribution in [1.82, 2.24) is 10.3 Å². The first-order valence-electron chi connectivity index (χ1n) is 6.76. The fourth-order valence-corrected chi connectivity index (χ4v) is 2.93. The van der Waals surface area contributed by atoms with Gasteiger partial charge in [0.15, 0.2) is 0 Å². The Kier molecular flexibility index (Phi) is 3.64. The second-order valence-corrected chi connectivity index (χ2v) is 5.23.